The largest absolute Gasteiger partial charge is 0.508 e. The zero-order valence-corrected chi connectivity index (χ0v) is 25.0. The van der Waals surface area contributed by atoms with Crippen LogP contribution in [0.5, 0.6) is 5.75 Å². The summed E-state index contributed by atoms with van der Waals surface area (Å²) in [6.07, 6.45) is 13.1. The van der Waals surface area contributed by atoms with E-state index in [1.807, 2.05) is 0 Å². The molecule has 0 aliphatic carbocycles. The summed E-state index contributed by atoms with van der Waals surface area (Å²) in [6.45, 7) is 4.72. The number of hydrogen-bond donors (Lipinski definition) is 6. The van der Waals surface area contributed by atoms with Crippen LogP contribution in [0.4, 0.5) is 0 Å². The molecular weight excluding hydrogens is 526 g/mol. The Balaban J connectivity index is 2.66. The van der Waals surface area contributed by atoms with Crippen molar-refractivity contribution in [2.24, 2.45) is 5.92 Å². The molecule has 6 N–H and O–H groups in total. The van der Waals surface area contributed by atoms with Crippen LogP contribution < -0.4 is 16.0 Å². The fourth-order valence-corrected chi connectivity index (χ4v) is 4.53. The monoisotopic (exact) mass is 577 g/mol. The molecule has 0 bridgehead atoms. The van der Waals surface area contributed by atoms with Gasteiger partial charge in [-0.05, 0) is 30.0 Å². The maximum Gasteiger partial charge on any atom is 0.326 e. The van der Waals surface area contributed by atoms with Crippen molar-refractivity contribution < 1.29 is 34.5 Å². The van der Waals surface area contributed by atoms with E-state index in [1.165, 1.54) is 57.1 Å². The van der Waals surface area contributed by atoms with E-state index in [-0.39, 0.29) is 24.5 Å². The second kappa shape index (κ2) is 20.7. The van der Waals surface area contributed by atoms with Gasteiger partial charge in [0.25, 0.3) is 0 Å². The molecule has 10 heteroatoms. The number of aliphatic hydroxyl groups is 1. The molecule has 1 rings (SSSR count). The fraction of sp³-hybridized carbons (Fsp3) is 0.677. The number of phenolic OH excluding ortho intramolecular Hbond substituents is 1. The summed E-state index contributed by atoms with van der Waals surface area (Å²) in [5.74, 6) is -3.39. The first kappa shape index (κ1) is 35.9. The van der Waals surface area contributed by atoms with Crippen LogP contribution in [0.1, 0.15) is 103 Å². The molecule has 0 unspecified atom stereocenters. The van der Waals surface area contributed by atoms with Crippen LogP contribution in [-0.4, -0.2) is 63.7 Å². The lowest BCUT2D eigenvalue weighted by atomic mass is 10.0. The molecule has 0 spiro atoms. The predicted octanol–water partition coefficient (Wildman–Crippen LogP) is 3.82. The molecule has 0 heterocycles. The number of phenols is 1. The minimum atomic E-state index is -1.39. The molecule has 3 amide bonds. The Morgan fingerprint density at radius 2 is 1.24 bits per heavy atom. The van der Waals surface area contributed by atoms with Gasteiger partial charge in [0.1, 0.15) is 23.9 Å². The second-order valence-corrected chi connectivity index (χ2v) is 11.1. The van der Waals surface area contributed by atoms with Gasteiger partial charge in [-0.2, -0.15) is 0 Å². The Morgan fingerprint density at radius 1 is 0.732 bits per heavy atom. The lowest BCUT2D eigenvalue weighted by Crippen LogP contribution is -2.58. The van der Waals surface area contributed by atoms with E-state index in [4.69, 9.17) is 0 Å². The molecule has 1 aromatic carbocycles. The Kier molecular flexibility index (Phi) is 18.1. The van der Waals surface area contributed by atoms with Crippen LogP contribution in [0.3, 0.4) is 0 Å². The fourth-order valence-electron chi connectivity index (χ4n) is 4.53. The number of carbonyl (C=O) groups is 4. The third-order valence-corrected chi connectivity index (χ3v) is 7.08. The van der Waals surface area contributed by atoms with Crippen LogP contribution >= 0.6 is 0 Å². The Morgan fingerprint density at radius 3 is 1.73 bits per heavy atom. The number of aliphatic carboxylic acids is 1. The summed E-state index contributed by atoms with van der Waals surface area (Å²) in [5.41, 5.74) is 0.675. The number of carboxylic acids is 1. The number of unbranched alkanes of at least 4 members (excludes halogenated alkanes) is 10. The van der Waals surface area contributed by atoms with E-state index in [0.717, 1.165) is 19.3 Å². The van der Waals surface area contributed by atoms with Gasteiger partial charge in [-0.15, -0.1) is 0 Å². The average Bonchev–Trinajstić information content (AvgIpc) is 2.93. The summed E-state index contributed by atoms with van der Waals surface area (Å²) in [5, 5.41) is 36.2. The highest BCUT2D eigenvalue weighted by Gasteiger charge is 2.30. The minimum absolute atomic E-state index is 0.0606. The van der Waals surface area contributed by atoms with Gasteiger partial charge in [0, 0.05) is 12.8 Å². The number of aliphatic hydroxyl groups excluding tert-OH is 1. The molecule has 0 fully saturated rings. The molecule has 41 heavy (non-hydrogen) atoms. The lowest BCUT2D eigenvalue weighted by Gasteiger charge is -2.24. The number of carbonyl (C=O) groups excluding carboxylic acids is 3. The number of nitrogens with one attached hydrogen (secondary N) is 3. The van der Waals surface area contributed by atoms with Crippen LogP contribution in [0.2, 0.25) is 0 Å². The van der Waals surface area contributed by atoms with Gasteiger partial charge >= 0.3 is 5.97 Å². The first-order chi connectivity index (χ1) is 19.6. The SMILES string of the molecule is CCCCCCCCCCCCCC(=O)N[C@@H](Cc1ccc(O)cc1)C(=O)N[C@@H](CO)C(=O)N[C@H](C(=O)O)C(C)C. The van der Waals surface area contributed by atoms with Crippen LogP contribution in [-0.2, 0) is 25.6 Å². The van der Waals surface area contributed by atoms with Gasteiger partial charge in [-0.3, -0.25) is 14.4 Å². The molecule has 0 saturated heterocycles. The van der Waals surface area contributed by atoms with E-state index in [2.05, 4.69) is 22.9 Å². The molecular formula is C31H51N3O7. The Hall–Kier alpha value is -3.14. The number of aromatic hydroxyl groups is 1. The van der Waals surface area contributed by atoms with Crippen LogP contribution in [0.25, 0.3) is 0 Å². The van der Waals surface area contributed by atoms with E-state index >= 15 is 0 Å². The van der Waals surface area contributed by atoms with Crippen LogP contribution in [0.15, 0.2) is 24.3 Å². The van der Waals surface area contributed by atoms with Gasteiger partial charge in [0.2, 0.25) is 17.7 Å². The summed E-state index contributed by atoms with van der Waals surface area (Å²) >= 11 is 0. The van der Waals surface area contributed by atoms with Gasteiger partial charge in [0.05, 0.1) is 6.61 Å². The minimum Gasteiger partial charge on any atom is -0.508 e. The third kappa shape index (κ3) is 15.4. The summed E-state index contributed by atoms with van der Waals surface area (Å²) < 4.78 is 0. The smallest absolute Gasteiger partial charge is 0.326 e. The number of rotatable bonds is 22. The Bertz CT molecular complexity index is 921. The van der Waals surface area contributed by atoms with Crippen molar-refractivity contribution in [3.63, 3.8) is 0 Å². The van der Waals surface area contributed by atoms with E-state index in [0.29, 0.717) is 12.0 Å². The maximum atomic E-state index is 13.2. The lowest BCUT2D eigenvalue weighted by molar-refractivity contribution is -0.143. The molecule has 0 saturated carbocycles. The zero-order chi connectivity index (χ0) is 30.6. The van der Waals surface area contributed by atoms with Crippen molar-refractivity contribution in [3.8, 4) is 5.75 Å². The van der Waals surface area contributed by atoms with E-state index in [9.17, 15) is 34.5 Å². The quantitative estimate of drug-likeness (QED) is 0.114. The van der Waals surface area contributed by atoms with E-state index in [1.54, 1.807) is 26.0 Å². The molecule has 0 aliphatic heterocycles. The van der Waals surface area contributed by atoms with Crippen LogP contribution in [0, 0.1) is 5.92 Å². The summed E-state index contributed by atoms with van der Waals surface area (Å²) in [7, 11) is 0. The first-order valence-electron chi connectivity index (χ1n) is 15.1. The van der Waals surface area contributed by atoms with Crippen molar-refractivity contribution >= 4 is 23.7 Å². The van der Waals surface area contributed by atoms with Gasteiger partial charge in [0.15, 0.2) is 0 Å². The maximum absolute atomic E-state index is 13.2. The van der Waals surface area contributed by atoms with Crippen molar-refractivity contribution in [1.29, 1.82) is 0 Å². The molecule has 232 valence electrons. The first-order valence-corrected chi connectivity index (χ1v) is 15.1. The highest BCUT2D eigenvalue weighted by atomic mass is 16.4. The van der Waals surface area contributed by atoms with Crippen molar-refractivity contribution in [2.75, 3.05) is 6.61 Å². The Labute approximate surface area is 244 Å². The molecule has 0 aromatic heterocycles. The number of hydrogen-bond acceptors (Lipinski definition) is 6. The second-order valence-electron chi connectivity index (χ2n) is 11.1. The molecule has 1 aromatic rings. The number of amides is 3. The third-order valence-electron chi connectivity index (χ3n) is 7.08. The summed E-state index contributed by atoms with van der Waals surface area (Å²) in [4.78, 5) is 50.0. The molecule has 3 atom stereocenters. The highest BCUT2D eigenvalue weighted by molar-refractivity contribution is 5.93. The standard InChI is InChI=1S/C31H51N3O7/c1-4-5-6-7-8-9-10-11-12-13-14-15-27(37)32-25(20-23-16-18-24(36)19-17-23)29(38)33-26(21-35)30(39)34-28(22(2)3)31(40)41/h16-19,22,25-26,28,35-36H,4-15,20-21H2,1-3H3,(H,32,37)(H,33,38)(H,34,39)(H,40,41)/t25-,26-,28-/m0/s1. The normalized spacial score (nSPS) is 13.3. The van der Waals surface area contributed by atoms with Gasteiger partial charge < -0.3 is 31.3 Å². The van der Waals surface area contributed by atoms with Gasteiger partial charge in [-0.1, -0.05) is 97.1 Å². The molecule has 0 aliphatic rings. The number of benzene rings is 1. The van der Waals surface area contributed by atoms with Crippen molar-refractivity contribution in [2.45, 2.75) is 122 Å². The number of carboxylic acid groups (broad SMARTS) is 1. The highest BCUT2D eigenvalue weighted by Crippen LogP contribution is 2.14. The topological polar surface area (TPSA) is 165 Å². The van der Waals surface area contributed by atoms with Crippen molar-refractivity contribution in [3.05, 3.63) is 29.8 Å². The molecule has 10 nitrogen and oxygen atoms in total. The van der Waals surface area contributed by atoms with Crippen molar-refractivity contribution in [1.82, 2.24) is 16.0 Å². The summed E-state index contributed by atoms with van der Waals surface area (Å²) in [6, 6.07) is 2.57. The zero-order valence-electron chi connectivity index (χ0n) is 25.0. The average molecular weight is 578 g/mol. The van der Waals surface area contributed by atoms with Gasteiger partial charge in [-0.25, -0.2) is 4.79 Å². The predicted molar refractivity (Wildman–Crippen MR) is 158 cm³/mol. The van der Waals surface area contributed by atoms with E-state index < -0.39 is 48.4 Å². The molecule has 0 radical (unpaired) electrons.